The number of likely N-dealkylation sites (N-methyl/N-ethyl adjacent to an activating group) is 1. The Hall–Kier alpha value is -0.870. The molecule has 1 N–H and O–H groups in total. The Morgan fingerprint density at radius 2 is 2.10 bits per heavy atom. The predicted octanol–water partition coefficient (Wildman–Crippen LogP) is 2.53. The van der Waals surface area contributed by atoms with Crippen molar-refractivity contribution in [3.63, 3.8) is 0 Å². The van der Waals surface area contributed by atoms with E-state index in [1.807, 2.05) is 0 Å². The topological polar surface area (TPSA) is 33.1 Å². The van der Waals surface area contributed by atoms with Crippen molar-refractivity contribution in [3.8, 4) is 0 Å². The molecule has 1 fully saturated rings. The van der Waals surface area contributed by atoms with Crippen molar-refractivity contribution in [1.82, 2.24) is 19.8 Å². The second-order valence-electron chi connectivity index (χ2n) is 6.67. The van der Waals surface area contributed by atoms with E-state index in [9.17, 15) is 0 Å². The number of hydrogen-bond donors (Lipinski definition) is 1. The largest absolute Gasteiger partial charge is 0.330 e. The van der Waals surface area contributed by atoms with Crippen LogP contribution in [0.1, 0.15) is 62.2 Å². The molecule has 1 aliphatic carbocycles. The first-order valence-electron chi connectivity index (χ1n) is 8.77. The van der Waals surface area contributed by atoms with Crippen LogP contribution in [-0.2, 0) is 19.5 Å². The zero-order valence-corrected chi connectivity index (χ0v) is 13.7. The molecule has 4 nitrogen and oxygen atoms in total. The predicted molar refractivity (Wildman–Crippen MR) is 86.6 cm³/mol. The summed E-state index contributed by atoms with van der Waals surface area (Å²) in [6.45, 7) is 7.66. The summed E-state index contributed by atoms with van der Waals surface area (Å²) in [6, 6.07) is 0. The molecule has 1 aromatic heterocycles. The van der Waals surface area contributed by atoms with Crippen LogP contribution in [-0.4, -0.2) is 41.1 Å². The van der Waals surface area contributed by atoms with Crippen molar-refractivity contribution >= 4 is 0 Å². The number of hydrogen-bond acceptors (Lipinski definition) is 3. The van der Waals surface area contributed by atoms with E-state index in [2.05, 4.69) is 28.8 Å². The van der Waals surface area contributed by atoms with Gasteiger partial charge in [0.15, 0.2) is 0 Å². The third-order valence-corrected chi connectivity index (χ3v) is 5.23. The van der Waals surface area contributed by atoms with Gasteiger partial charge in [0.2, 0.25) is 0 Å². The van der Waals surface area contributed by atoms with Crippen molar-refractivity contribution in [2.75, 3.05) is 26.7 Å². The van der Waals surface area contributed by atoms with Crippen LogP contribution in [0, 0.1) is 0 Å². The first-order valence-corrected chi connectivity index (χ1v) is 8.77. The highest BCUT2D eigenvalue weighted by molar-refractivity contribution is 5.22. The highest BCUT2D eigenvalue weighted by Crippen LogP contribution is 2.33. The van der Waals surface area contributed by atoms with Gasteiger partial charge in [-0.3, -0.25) is 0 Å². The van der Waals surface area contributed by atoms with Crippen LogP contribution in [0.25, 0.3) is 0 Å². The lowest BCUT2D eigenvalue weighted by Crippen LogP contribution is -2.28. The van der Waals surface area contributed by atoms with Gasteiger partial charge in [-0.2, -0.15) is 0 Å². The SMILES string of the molecule is CCN(C)CCn1c(C2CCCCC2)nc2c1CCNC2. The molecule has 0 atom stereocenters. The highest BCUT2D eigenvalue weighted by atomic mass is 15.2. The number of nitrogens with one attached hydrogen (secondary N) is 1. The van der Waals surface area contributed by atoms with Gasteiger partial charge in [0.25, 0.3) is 0 Å². The minimum absolute atomic E-state index is 0.705. The summed E-state index contributed by atoms with van der Waals surface area (Å²) in [5, 5.41) is 3.47. The van der Waals surface area contributed by atoms with Crippen LogP contribution in [0.5, 0.6) is 0 Å². The number of nitrogens with zero attached hydrogens (tertiary/aromatic N) is 3. The molecule has 21 heavy (non-hydrogen) atoms. The van der Waals surface area contributed by atoms with E-state index in [0.717, 1.165) is 39.1 Å². The summed E-state index contributed by atoms with van der Waals surface area (Å²) < 4.78 is 2.58. The van der Waals surface area contributed by atoms with Gasteiger partial charge in [-0.05, 0) is 26.4 Å². The van der Waals surface area contributed by atoms with Crippen molar-refractivity contribution in [2.24, 2.45) is 0 Å². The Bertz CT molecular complexity index is 460. The number of rotatable bonds is 5. The fourth-order valence-electron chi connectivity index (χ4n) is 3.74. The van der Waals surface area contributed by atoms with Crippen molar-refractivity contribution < 1.29 is 0 Å². The molecule has 0 amide bonds. The summed E-state index contributed by atoms with van der Waals surface area (Å²) in [5.41, 5.74) is 2.83. The van der Waals surface area contributed by atoms with Crippen LogP contribution >= 0.6 is 0 Å². The molecule has 4 heteroatoms. The third-order valence-electron chi connectivity index (χ3n) is 5.23. The smallest absolute Gasteiger partial charge is 0.112 e. The fraction of sp³-hybridized carbons (Fsp3) is 0.824. The molecule has 1 aromatic rings. The number of imidazole rings is 1. The summed E-state index contributed by atoms with van der Waals surface area (Å²) in [7, 11) is 2.21. The van der Waals surface area contributed by atoms with Gasteiger partial charge >= 0.3 is 0 Å². The highest BCUT2D eigenvalue weighted by Gasteiger charge is 2.26. The van der Waals surface area contributed by atoms with Crippen LogP contribution in [0.3, 0.4) is 0 Å². The van der Waals surface area contributed by atoms with E-state index >= 15 is 0 Å². The Kier molecular flexibility index (Phi) is 4.96. The normalized spacial score (nSPS) is 20.0. The second-order valence-corrected chi connectivity index (χ2v) is 6.67. The Morgan fingerprint density at radius 3 is 2.86 bits per heavy atom. The third kappa shape index (κ3) is 3.32. The molecule has 2 aliphatic rings. The molecule has 0 spiro atoms. The molecule has 3 rings (SSSR count). The maximum absolute atomic E-state index is 5.06. The average molecular weight is 290 g/mol. The molecular weight excluding hydrogens is 260 g/mol. The van der Waals surface area contributed by atoms with Crippen molar-refractivity contribution in [1.29, 1.82) is 0 Å². The van der Waals surface area contributed by atoms with E-state index in [-0.39, 0.29) is 0 Å². The Balaban J connectivity index is 1.84. The molecule has 0 radical (unpaired) electrons. The average Bonchev–Trinajstić information content (AvgIpc) is 2.92. The van der Waals surface area contributed by atoms with Gasteiger partial charge in [0, 0.05) is 44.2 Å². The lowest BCUT2D eigenvalue weighted by atomic mass is 9.88. The van der Waals surface area contributed by atoms with E-state index in [0.29, 0.717) is 5.92 Å². The van der Waals surface area contributed by atoms with E-state index in [4.69, 9.17) is 4.98 Å². The first kappa shape index (κ1) is 15.0. The molecule has 1 saturated carbocycles. The van der Waals surface area contributed by atoms with E-state index < -0.39 is 0 Å². The number of aromatic nitrogens is 2. The van der Waals surface area contributed by atoms with Crippen molar-refractivity contribution in [2.45, 2.75) is 64.5 Å². The van der Waals surface area contributed by atoms with Crippen LogP contribution < -0.4 is 5.32 Å². The van der Waals surface area contributed by atoms with E-state index in [1.165, 1.54) is 49.3 Å². The Morgan fingerprint density at radius 1 is 1.29 bits per heavy atom. The lowest BCUT2D eigenvalue weighted by molar-refractivity contribution is 0.324. The van der Waals surface area contributed by atoms with Gasteiger partial charge in [-0.1, -0.05) is 26.2 Å². The maximum atomic E-state index is 5.06. The molecule has 0 aromatic carbocycles. The van der Waals surface area contributed by atoms with Gasteiger partial charge in [0.1, 0.15) is 5.82 Å². The summed E-state index contributed by atoms with van der Waals surface area (Å²) in [5.74, 6) is 2.10. The molecule has 2 heterocycles. The summed E-state index contributed by atoms with van der Waals surface area (Å²) >= 11 is 0. The van der Waals surface area contributed by atoms with Gasteiger partial charge in [-0.25, -0.2) is 4.98 Å². The van der Waals surface area contributed by atoms with Gasteiger partial charge in [0.05, 0.1) is 5.69 Å². The standard InChI is InChI=1S/C17H30N4/c1-3-20(2)11-12-21-16-9-10-18-13-15(16)19-17(21)14-7-5-4-6-8-14/h14,18H,3-13H2,1-2H3. The van der Waals surface area contributed by atoms with Gasteiger partial charge < -0.3 is 14.8 Å². The molecule has 0 bridgehead atoms. The minimum Gasteiger partial charge on any atom is -0.330 e. The molecule has 1 aliphatic heterocycles. The second kappa shape index (κ2) is 6.93. The zero-order valence-electron chi connectivity index (χ0n) is 13.7. The minimum atomic E-state index is 0.705. The molecule has 0 saturated heterocycles. The molecule has 0 unspecified atom stereocenters. The maximum Gasteiger partial charge on any atom is 0.112 e. The van der Waals surface area contributed by atoms with Crippen LogP contribution in [0.15, 0.2) is 0 Å². The fourth-order valence-corrected chi connectivity index (χ4v) is 3.74. The molecule has 118 valence electrons. The summed E-state index contributed by atoms with van der Waals surface area (Å²) in [6.07, 6.45) is 8.01. The monoisotopic (exact) mass is 290 g/mol. The van der Waals surface area contributed by atoms with E-state index in [1.54, 1.807) is 0 Å². The van der Waals surface area contributed by atoms with Gasteiger partial charge in [-0.15, -0.1) is 0 Å². The van der Waals surface area contributed by atoms with Crippen LogP contribution in [0.2, 0.25) is 0 Å². The summed E-state index contributed by atoms with van der Waals surface area (Å²) in [4.78, 5) is 7.46. The Labute approximate surface area is 128 Å². The van der Waals surface area contributed by atoms with Crippen molar-refractivity contribution in [3.05, 3.63) is 17.2 Å². The first-order chi connectivity index (χ1) is 10.3. The van der Waals surface area contributed by atoms with Crippen LogP contribution in [0.4, 0.5) is 0 Å². The lowest BCUT2D eigenvalue weighted by Gasteiger charge is -2.24. The number of fused-ring (bicyclic) bond motifs is 1. The quantitative estimate of drug-likeness (QED) is 0.904. The zero-order chi connectivity index (χ0) is 14.7. The molecular formula is C17H30N4.